The largest absolute Gasteiger partial charge is 0.324 e. The van der Waals surface area contributed by atoms with Crippen molar-refractivity contribution in [1.29, 1.82) is 0 Å². The number of sulfone groups is 1. The van der Waals surface area contributed by atoms with Gasteiger partial charge in [-0.15, -0.1) is 0 Å². The van der Waals surface area contributed by atoms with E-state index in [1.165, 1.54) is 0 Å². The van der Waals surface area contributed by atoms with Crippen molar-refractivity contribution in [2.24, 2.45) is 5.73 Å². The molecule has 1 aliphatic heterocycles. The van der Waals surface area contributed by atoms with Crippen LogP contribution >= 0.6 is 11.6 Å². The van der Waals surface area contributed by atoms with Crippen molar-refractivity contribution in [1.82, 2.24) is 4.90 Å². The predicted molar refractivity (Wildman–Crippen MR) is 82.7 cm³/mol. The van der Waals surface area contributed by atoms with Crippen molar-refractivity contribution in [2.45, 2.75) is 18.9 Å². The number of benzene rings is 1. The van der Waals surface area contributed by atoms with Gasteiger partial charge in [0.2, 0.25) is 0 Å². The van der Waals surface area contributed by atoms with Crippen LogP contribution in [0.15, 0.2) is 24.3 Å². The Morgan fingerprint density at radius 1 is 1.20 bits per heavy atom. The average Bonchev–Trinajstić information content (AvgIpc) is 2.58. The van der Waals surface area contributed by atoms with Crippen LogP contribution < -0.4 is 5.73 Å². The maximum absolute atomic E-state index is 11.5. The van der Waals surface area contributed by atoms with Crippen LogP contribution in [0.4, 0.5) is 0 Å². The molecule has 0 bridgehead atoms. The molecule has 0 spiro atoms. The number of hydrogen-bond acceptors (Lipinski definition) is 4. The second-order valence-corrected chi connectivity index (χ2v) is 8.03. The zero-order valence-corrected chi connectivity index (χ0v) is 13.0. The second kappa shape index (κ2) is 6.89. The predicted octanol–water partition coefficient (Wildman–Crippen LogP) is 1.85. The van der Waals surface area contributed by atoms with Crippen LogP contribution in [0.1, 0.15) is 24.4 Å². The Bertz CT molecular complexity index is 531. The molecule has 4 nitrogen and oxygen atoms in total. The van der Waals surface area contributed by atoms with Gasteiger partial charge in [-0.1, -0.05) is 23.7 Å². The minimum Gasteiger partial charge on any atom is -0.324 e. The first kappa shape index (κ1) is 15.8. The Kier molecular flexibility index (Phi) is 5.43. The highest BCUT2D eigenvalue weighted by Crippen LogP contribution is 2.18. The van der Waals surface area contributed by atoms with E-state index in [0.717, 1.165) is 31.5 Å². The standard InChI is InChI=1S/C14H21ClN2O2S/c15-13-4-2-12(3-5-13)14(16)6-8-17-7-1-10-20(18,19)11-9-17/h2-5,14H,1,6-11,16H2. The van der Waals surface area contributed by atoms with Gasteiger partial charge in [-0.25, -0.2) is 8.42 Å². The minimum atomic E-state index is -2.84. The Morgan fingerprint density at radius 3 is 2.60 bits per heavy atom. The summed E-state index contributed by atoms with van der Waals surface area (Å²) in [6.07, 6.45) is 1.54. The van der Waals surface area contributed by atoms with E-state index < -0.39 is 9.84 Å². The molecule has 1 aromatic carbocycles. The molecule has 0 aliphatic carbocycles. The van der Waals surface area contributed by atoms with Gasteiger partial charge in [0.05, 0.1) is 11.5 Å². The van der Waals surface area contributed by atoms with Crippen molar-refractivity contribution >= 4 is 21.4 Å². The molecular weight excluding hydrogens is 296 g/mol. The Hall–Kier alpha value is -0.620. The highest BCUT2D eigenvalue weighted by Gasteiger charge is 2.19. The van der Waals surface area contributed by atoms with Crippen LogP contribution in [0.2, 0.25) is 5.02 Å². The molecule has 2 rings (SSSR count). The van der Waals surface area contributed by atoms with Gasteiger partial charge in [-0.05, 0) is 43.6 Å². The molecule has 1 saturated heterocycles. The molecule has 1 atom stereocenters. The summed E-state index contributed by atoms with van der Waals surface area (Å²) >= 11 is 5.85. The molecule has 0 aromatic heterocycles. The van der Waals surface area contributed by atoms with Gasteiger partial charge < -0.3 is 10.6 Å². The van der Waals surface area contributed by atoms with E-state index in [9.17, 15) is 8.42 Å². The van der Waals surface area contributed by atoms with Crippen LogP contribution in [-0.4, -0.2) is 44.5 Å². The third-order valence-electron chi connectivity index (χ3n) is 3.70. The number of halogens is 1. The summed E-state index contributed by atoms with van der Waals surface area (Å²) in [5.74, 6) is 0.579. The molecule has 6 heteroatoms. The fourth-order valence-corrected chi connectivity index (χ4v) is 3.85. The van der Waals surface area contributed by atoms with E-state index >= 15 is 0 Å². The normalized spacial score (nSPS) is 21.3. The zero-order valence-electron chi connectivity index (χ0n) is 11.5. The number of rotatable bonds is 4. The molecule has 1 aromatic rings. The number of nitrogens with zero attached hydrogens (tertiary/aromatic N) is 1. The zero-order chi connectivity index (χ0) is 14.6. The Balaban J connectivity index is 1.84. The Labute approximate surface area is 125 Å². The SMILES string of the molecule is NC(CCN1CCCS(=O)(=O)CC1)c1ccc(Cl)cc1. The monoisotopic (exact) mass is 316 g/mol. The van der Waals surface area contributed by atoms with Gasteiger partial charge in [-0.2, -0.15) is 0 Å². The first-order chi connectivity index (χ1) is 9.46. The van der Waals surface area contributed by atoms with E-state index in [4.69, 9.17) is 17.3 Å². The molecule has 0 amide bonds. The molecule has 1 unspecified atom stereocenters. The molecule has 2 N–H and O–H groups in total. The fourth-order valence-electron chi connectivity index (χ4n) is 2.41. The second-order valence-electron chi connectivity index (χ2n) is 5.29. The van der Waals surface area contributed by atoms with Gasteiger partial charge in [0.1, 0.15) is 0 Å². The lowest BCUT2D eigenvalue weighted by atomic mass is 10.0. The Morgan fingerprint density at radius 2 is 1.90 bits per heavy atom. The third kappa shape index (κ3) is 4.74. The smallest absolute Gasteiger partial charge is 0.151 e. The van der Waals surface area contributed by atoms with Gasteiger partial charge in [0.25, 0.3) is 0 Å². The molecule has 0 saturated carbocycles. The molecule has 20 heavy (non-hydrogen) atoms. The van der Waals surface area contributed by atoms with Crippen LogP contribution in [-0.2, 0) is 9.84 Å². The van der Waals surface area contributed by atoms with Crippen molar-refractivity contribution in [3.8, 4) is 0 Å². The van der Waals surface area contributed by atoms with Gasteiger partial charge in [0, 0.05) is 17.6 Å². The average molecular weight is 317 g/mol. The van der Waals surface area contributed by atoms with E-state index in [2.05, 4.69) is 4.90 Å². The van der Waals surface area contributed by atoms with Crippen LogP contribution in [0.3, 0.4) is 0 Å². The lowest BCUT2D eigenvalue weighted by Crippen LogP contribution is -2.30. The van der Waals surface area contributed by atoms with Gasteiger partial charge in [-0.3, -0.25) is 0 Å². The highest BCUT2D eigenvalue weighted by atomic mass is 35.5. The molecular formula is C14H21ClN2O2S. The quantitative estimate of drug-likeness (QED) is 0.921. The third-order valence-corrected chi connectivity index (χ3v) is 5.67. The summed E-state index contributed by atoms with van der Waals surface area (Å²) in [5.41, 5.74) is 7.23. The van der Waals surface area contributed by atoms with Gasteiger partial charge >= 0.3 is 0 Å². The maximum Gasteiger partial charge on any atom is 0.151 e. The highest BCUT2D eigenvalue weighted by molar-refractivity contribution is 7.91. The first-order valence-corrected chi connectivity index (χ1v) is 9.10. The molecule has 1 fully saturated rings. The maximum atomic E-state index is 11.5. The summed E-state index contributed by atoms with van der Waals surface area (Å²) in [5, 5.41) is 0.707. The van der Waals surface area contributed by atoms with Crippen LogP contribution in [0.25, 0.3) is 0 Å². The number of hydrogen-bond donors (Lipinski definition) is 1. The molecule has 1 heterocycles. The summed E-state index contributed by atoms with van der Waals surface area (Å²) in [4.78, 5) is 2.19. The summed E-state index contributed by atoms with van der Waals surface area (Å²) in [6, 6.07) is 7.54. The minimum absolute atomic E-state index is 0.0351. The summed E-state index contributed by atoms with van der Waals surface area (Å²) in [7, 11) is -2.84. The molecule has 1 aliphatic rings. The van der Waals surface area contributed by atoms with Crippen molar-refractivity contribution < 1.29 is 8.42 Å². The fraction of sp³-hybridized carbons (Fsp3) is 0.571. The topological polar surface area (TPSA) is 63.4 Å². The van der Waals surface area contributed by atoms with Crippen molar-refractivity contribution in [2.75, 3.05) is 31.1 Å². The van der Waals surface area contributed by atoms with E-state index in [0.29, 0.717) is 17.3 Å². The van der Waals surface area contributed by atoms with E-state index in [1.807, 2.05) is 24.3 Å². The molecule has 0 radical (unpaired) electrons. The van der Waals surface area contributed by atoms with E-state index in [1.54, 1.807) is 0 Å². The lowest BCUT2D eigenvalue weighted by molar-refractivity contribution is 0.283. The van der Waals surface area contributed by atoms with Crippen molar-refractivity contribution in [3.05, 3.63) is 34.9 Å². The van der Waals surface area contributed by atoms with E-state index in [-0.39, 0.29) is 11.8 Å². The molecule has 112 valence electrons. The lowest BCUT2D eigenvalue weighted by Gasteiger charge is -2.21. The van der Waals surface area contributed by atoms with Crippen LogP contribution in [0.5, 0.6) is 0 Å². The summed E-state index contributed by atoms with van der Waals surface area (Å²) in [6.45, 7) is 2.29. The van der Waals surface area contributed by atoms with Crippen molar-refractivity contribution in [3.63, 3.8) is 0 Å². The van der Waals surface area contributed by atoms with Crippen LogP contribution in [0, 0.1) is 0 Å². The first-order valence-electron chi connectivity index (χ1n) is 6.90. The summed E-state index contributed by atoms with van der Waals surface area (Å²) < 4.78 is 23.1. The van der Waals surface area contributed by atoms with Gasteiger partial charge in [0.15, 0.2) is 9.84 Å². The number of nitrogens with two attached hydrogens (primary N) is 1.